The van der Waals surface area contributed by atoms with Gasteiger partial charge in [0.15, 0.2) is 0 Å². The lowest BCUT2D eigenvalue weighted by Crippen LogP contribution is -2.41. The lowest BCUT2D eigenvalue weighted by Gasteiger charge is -2.15. The Morgan fingerprint density at radius 3 is 2.56 bits per heavy atom. The molecule has 3 rings (SSSR count). The van der Waals surface area contributed by atoms with Crippen molar-refractivity contribution in [3.05, 3.63) is 64.7 Å². The first-order valence-corrected chi connectivity index (χ1v) is 8.17. The number of anilines is 1. The Bertz CT molecular complexity index is 910. The van der Waals surface area contributed by atoms with Gasteiger partial charge in [-0.05, 0) is 36.8 Å². The Morgan fingerprint density at radius 1 is 1.15 bits per heavy atom. The van der Waals surface area contributed by atoms with Gasteiger partial charge in [-0.3, -0.25) is 14.9 Å². The van der Waals surface area contributed by atoms with Crippen molar-refractivity contribution in [2.75, 3.05) is 5.32 Å². The minimum Gasteiger partial charge on any atom is -0.457 e. The van der Waals surface area contributed by atoms with Crippen molar-refractivity contribution in [3.8, 4) is 0 Å². The fourth-order valence-corrected chi connectivity index (χ4v) is 2.71. The second-order valence-corrected chi connectivity index (χ2v) is 6.18. The van der Waals surface area contributed by atoms with Gasteiger partial charge in [-0.25, -0.2) is 13.6 Å². The van der Waals surface area contributed by atoms with E-state index in [2.05, 4.69) is 10.6 Å². The van der Waals surface area contributed by atoms with Crippen LogP contribution < -0.4 is 10.6 Å². The molecule has 0 aliphatic carbocycles. The summed E-state index contributed by atoms with van der Waals surface area (Å²) in [4.78, 5) is 35.7. The first kappa shape index (κ1) is 18.5. The molecule has 140 valence electrons. The predicted molar refractivity (Wildman–Crippen MR) is 91.9 cm³/mol. The molecule has 2 aromatic rings. The molecule has 0 saturated carbocycles. The molecule has 1 aliphatic rings. The van der Waals surface area contributed by atoms with Crippen LogP contribution in [0.3, 0.4) is 0 Å². The van der Waals surface area contributed by atoms with E-state index in [1.54, 1.807) is 18.2 Å². The Morgan fingerprint density at radius 2 is 1.85 bits per heavy atom. The number of nitrogens with one attached hydrogen (secondary N) is 2. The molecule has 0 radical (unpaired) electrons. The Balaban J connectivity index is 1.58. The number of halogens is 2. The molecule has 0 spiro atoms. The normalized spacial score (nSPS) is 13.5. The molecule has 0 aromatic heterocycles. The highest BCUT2D eigenvalue weighted by molar-refractivity contribution is 5.99. The molecule has 1 heterocycles. The maximum atomic E-state index is 13.2. The largest absolute Gasteiger partial charge is 0.457 e. The molecule has 27 heavy (non-hydrogen) atoms. The van der Waals surface area contributed by atoms with Gasteiger partial charge in [0.25, 0.3) is 0 Å². The van der Waals surface area contributed by atoms with Gasteiger partial charge in [0.1, 0.15) is 24.3 Å². The van der Waals surface area contributed by atoms with E-state index in [0.29, 0.717) is 17.3 Å². The monoisotopic (exact) mass is 374 g/mol. The molecule has 0 bridgehead atoms. The standard InChI is InChI=1S/C19H16F2N2O4/c1-10(22-15-3-2-12-9-27-19(26)16(12)8-15)18(25)23-17(24)6-11-4-13(20)7-14(21)5-11/h2-5,7-8,10,22H,6,9H2,1H3,(H,23,24,25)/t10-/m0/s1. The highest BCUT2D eigenvalue weighted by Crippen LogP contribution is 2.23. The van der Waals surface area contributed by atoms with Crippen LogP contribution in [0.15, 0.2) is 36.4 Å². The lowest BCUT2D eigenvalue weighted by molar-refractivity contribution is -0.130. The first-order valence-electron chi connectivity index (χ1n) is 8.17. The van der Waals surface area contributed by atoms with Crippen molar-refractivity contribution in [1.82, 2.24) is 5.32 Å². The van der Waals surface area contributed by atoms with Gasteiger partial charge < -0.3 is 10.1 Å². The molecular formula is C19H16F2N2O4. The number of fused-ring (bicyclic) bond motifs is 1. The molecule has 2 N–H and O–H groups in total. The number of hydrogen-bond donors (Lipinski definition) is 2. The number of amides is 2. The quantitative estimate of drug-likeness (QED) is 0.785. The van der Waals surface area contributed by atoms with E-state index in [1.165, 1.54) is 6.92 Å². The smallest absolute Gasteiger partial charge is 0.338 e. The summed E-state index contributed by atoms with van der Waals surface area (Å²) in [6, 6.07) is 6.96. The average Bonchev–Trinajstić information content (AvgIpc) is 2.94. The van der Waals surface area contributed by atoms with Gasteiger partial charge in [-0.1, -0.05) is 6.07 Å². The van der Waals surface area contributed by atoms with Gasteiger partial charge in [0.2, 0.25) is 11.8 Å². The van der Waals surface area contributed by atoms with Gasteiger partial charge in [-0.2, -0.15) is 0 Å². The zero-order valence-electron chi connectivity index (χ0n) is 14.3. The summed E-state index contributed by atoms with van der Waals surface area (Å²) in [5.74, 6) is -3.32. The van der Waals surface area contributed by atoms with Crippen LogP contribution in [-0.2, 0) is 27.4 Å². The molecule has 0 fully saturated rings. The van der Waals surface area contributed by atoms with Gasteiger partial charge in [0.05, 0.1) is 12.0 Å². The van der Waals surface area contributed by atoms with Crippen LogP contribution in [0.5, 0.6) is 0 Å². The highest BCUT2D eigenvalue weighted by atomic mass is 19.1. The van der Waals surface area contributed by atoms with Gasteiger partial charge in [-0.15, -0.1) is 0 Å². The molecule has 2 amide bonds. The molecule has 2 aromatic carbocycles. The Kier molecular flexibility index (Phi) is 5.16. The fraction of sp³-hybridized carbons (Fsp3) is 0.211. The average molecular weight is 374 g/mol. The van der Waals surface area contributed by atoms with E-state index in [1.807, 2.05) is 0 Å². The summed E-state index contributed by atoms with van der Waals surface area (Å²) in [7, 11) is 0. The third kappa shape index (κ3) is 4.46. The van der Waals surface area contributed by atoms with Crippen LogP contribution in [0.2, 0.25) is 0 Å². The predicted octanol–water partition coefficient (Wildman–Crippen LogP) is 2.32. The third-order valence-corrected chi connectivity index (χ3v) is 4.01. The Hall–Kier alpha value is -3.29. The number of carbonyl (C=O) groups excluding carboxylic acids is 3. The van der Waals surface area contributed by atoms with Crippen LogP contribution in [-0.4, -0.2) is 23.8 Å². The van der Waals surface area contributed by atoms with Crippen LogP contribution in [0.1, 0.15) is 28.4 Å². The van der Waals surface area contributed by atoms with E-state index in [4.69, 9.17) is 4.74 Å². The van der Waals surface area contributed by atoms with Crippen molar-refractivity contribution in [2.45, 2.75) is 26.0 Å². The topological polar surface area (TPSA) is 84.5 Å². The SMILES string of the molecule is C[C@H](Nc1ccc2c(c1)C(=O)OC2)C(=O)NC(=O)Cc1cc(F)cc(F)c1. The molecule has 6 nitrogen and oxygen atoms in total. The van der Waals surface area contributed by atoms with Crippen molar-refractivity contribution >= 4 is 23.5 Å². The molecule has 0 unspecified atom stereocenters. The lowest BCUT2D eigenvalue weighted by atomic mass is 10.1. The van der Waals surface area contributed by atoms with Crippen molar-refractivity contribution in [2.24, 2.45) is 0 Å². The van der Waals surface area contributed by atoms with Gasteiger partial charge >= 0.3 is 5.97 Å². The maximum absolute atomic E-state index is 13.2. The van der Waals surface area contributed by atoms with Crippen molar-refractivity contribution in [1.29, 1.82) is 0 Å². The van der Waals surface area contributed by atoms with E-state index in [0.717, 1.165) is 17.7 Å². The van der Waals surface area contributed by atoms with E-state index < -0.39 is 35.5 Å². The minimum absolute atomic E-state index is 0.121. The van der Waals surface area contributed by atoms with Crippen LogP contribution in [0.25, 0.3) is 0 Å². The summed E-state index contributed by atoms with van der Waals surface area (Å²) < 4.78 is 31.2. The summed E-state index contributed by atoms with van der Waals surface area (Å²) in [6.45, 7) is 1.76. The summed E-state index contributed by atoms with van der Waals surface area (Å²) in [6.07, 6.45) is -0.335. The third-order valence-electron chi connectivity index (χ3n) is 4.01. The van der Waals surface area contributed by atoms with E-state index in [-0.39, 0.29) is 18.6 Å². The summed E-state index contributed by atoms with van der Waals surface area (Å²) >= 11 is 0. The van der Waals surface area contributed by atoms with Crippen molar-refractivity contribution < 1.29 is 27.9 Å². The molecule has 8 heteroatoms. The second-order valence-electron chi connectivity index (χ2n) is 6.18. The van der Waals surface area contributed by atoms with Crippen LogP contribution in [0, 0.1) is 11.6 Å². The van der Waals surface area contributed by atoms with E-state index in [9.17, 15) is 23.2 Å². The molecular weight excluding hydrogens is 358 g/mol. The number of rotatable bonds is 5. The molecule has 1 atom stereocenters. The number of cyclic esters (lactones) is 1. The number of esters is 1. The number of carbonyl (C=O) groups is 3. The number of hydrogen-bond acceptors (Lipinski definition) is 5. The minimum atomic E-state index is -0.797. The zero-order valence-corrected chi connectivity index (χ0v) is 14.3. The maximum Gasteiger partial charge on any atom is 0.338 e. The zero-order chi connectivity index (χ0) is 19.6. The number of ether oxygens (including phenoxy) is 1. The van der Waals surface area contributed by atoms with Crippen LogP contribution >= 0.6 is 0 Å². The van der Waals surface area contributed by atoms with E-state index >= 15 is 0 Å². The molecule has 0 saturated heterocycles. The Labute approximate surface area is 153 Å². The van der Waals surface area contributed by atoms with Crippen LogP contribution in [0.4, 0.5) is 14.5 Å². The first-order chi connectivity index (χ1) is 12.8. The summed E-state index contributed by atoms with van der Waals surface area (Å²) in [5, 5.41) is 5.06. The number of imide groups is 1. The number of benzene rings is 2. The van der Waals surface area contributed by atoms with Crippen molar-refractivity contribution in [3.63, 3.8) is 0 Å². The highest BCUT2D eigenvalue weighted by Gasteiger charge is 2.22. The second kappa shape index (κ2) is 7.53. The fourth-order valence-electron chi connectivity index (χ4n) is 2.71. The summed E-state index contributed by atoms with van der Waals surface area (Å²) in [5.41, 5.74) is 1.84. The molecule has 1 aliphatic heterocycles. The van der Waals surface area contributed by atoms with Gasteiger partial charge in [0, 0.05) is 17.3 Å².